The number of aryl methyl sites for hydroxylation is 1. The smallest absolute Gasteiger partial charge is 0.226 e. The van der Waals surface area contributed by atoms with E-state index in [4.69, 9.17) is 14.2 Å². The van der Waals surface area contributed by atoms with Crippen molar-refractivity contribution >= 4 is 17.4 Å². The van der Waals surface area contributed by atoms with Crippen molar-refractivity contribution in [3.63, 3.8) is 0 Å². The lowest BCUT2D eigenvalue weighted by molar-refractivity contribution is -0.188. The first-order chi connectivity index (χ1) is 20.0. The summed E-state index contributed by atoms with van der Waals surface area (Å²) in [5.41, 5.74) is 3.12. The second-order valence-electron chi connectivity index (χ2n) is 11.8. The van der Waals surface area contributed by atoms with Crippen LogP contribution in [0.5, 0.6) is 5.75 Å². The SMILES string of the molecule is CCc1cnc(N2CCC(COc3ccc(C4=CCC(C(=O)N5CCC6(CC5)OCCO6)CC4)cc3F)CC2)nc1. The predicted molar refractivity (Wildman–Crippen MR) is 154 cm³/mol. The van der Waals surface area contributed by atoms with E-state index in [1.165, 1.54) is 0 Å². The molecule has 1 aliphatic carbocycles. The number of carbonyl (C=O) groups is 1. The number of piperidine rings is 2. The second kappa shape index (κ2) is 12.4. The first-order valence-corrected chi connectivity index (χ1v) is 15.3. The Labute approximate surface area is 241 Å². The quantitative estimate of drug-likeness (QED) is 0.467. The van der Waals surface area contributed by atoms with Gasteiger partial charge in [0, 0.05) is 57.3 Å². The van der Waals surface area contributed by atoms with E-state index in [2.05, 4.69) is 27.9 Å². The van der Waals surface area contributed by atoms with Gasteiger partial charge in [0.25, 0.3) is 0 Å². The highest BCUT2D eigenvalue weighted by Crippen LogP contribution is 2.36. The van der Waals surface area contributed by atoms with Crippen LogP contribution in [0.4, 0.5) is 10.3 Å². The number of halogens is 1. The van der Waals surface area contributed by atoms with Gasteiger partial charge in [-0.2, -0.15) is 0 Å². The molecule has 4 heterocycles. The highest BCUT2D eigenvalue weighted by Gasteiger charge is 2.41. The molecule has 220 valence electrons. The maximum atomic E-state index is 15.0. The summed E-state index contributed by atoms with van der Waals surface area (Å²) in [5, 5.41) is 0. The summed E-state index contributed by atoms with van der Waals surface area (Å²) in [6, 6.07) is 5.27. The number of allylic oxidation sites excluding steroid dienone is 2. The molecule has 4 aliphatic rings. The minimum Gasteiger partial charge on any atom is -0.490 e. The zero-order valence-corrected chi connectivity index (χ0v) is 24.0. The Balaban J connectivity index is 0.963. The van der Waals surface area contributed by atoms with Crippen molar-refractivity contribution in [1.29, 1.82) is 0 Å². The third-order valence-corrected chi connectivity index (χ3v) is 9.19. The summed E-state index contributed by atoms with van der Waals surface area (Å²) in [4.78, 5) is 26.3. The van der Waals surface area contributed by atoms with Gasteiger partial charge < -0.3 is 24.0 Å². The molecule has 3 fully saturated rings. The molecule has 3 saturated heterocycles. The molecular weight excluding hydrogens is 523 g/mol. The number of rotatable bonds is 7. The van der Waals surface area contributed by atoms with Crippen molar-refractivity contribution in [2.45, 2.75) is 64.1 Å². The molecule has 0 N–H and O–H groups in total. The Morgan fingerprint density at radius 3 is 2.44 bits per heavy atom. The molecule has 2 aromatic rings. The number of amides is 1. The van der Waals surface area contributed by atoms with Crippen LogP contribution in [-0.4, -0.2) is 72.6 Å². The Kier molecular flexibility index (Phi) is 8.53. The van der Waals surface area contributed by atoms with Crippen LogP contribution < -0.4 is 9.64 Å². The summed E-state index contributed by atoms with van der Waals surface area (Å²) in [5.74, 6) is 0.865. The van der Waals surface area contributed by atoms with Gasteiger partial charge in [-0.05, 0) is 73.3 Å². The predicted octanol–water partition coefficient (Wildman–Crippen LogP) is 5.02. The summed E-state index contributed by atoms with van der Waals surface area (Å²) >= 11 is 0. The van der Waals surface area contributed by atoms with E-state index < -0.39 is 5.79 Å². The molecule has 1 aromatic carbocycles. The summed E-state index contributed by atoms with van der Waals surface area (Å²) in [6.07, 6.45) is 12.5. The van der Waals surface area contributed by atoms with Crippen LogP contribution in [0, 0.1) is 17.7 Å². The number of benzene rings is 1. The number of hydrogen-bond donors (Lipinski definition) is 0. The van der Waals surface area contributed by atoms with Gasteiger partial charge in [0.2, 0.25) is 11.9 Å². The van der Waals surface area contributed by atoms with E-state index in [1.807, 2.05) is 23.4 Å². The standard InChI is InChI=1S/C32H41FN4O4/c1-2-23-20-34-31(35-21-23)37-13-9-24(10-14-37)22-39-29-8-7-27(19-28(29)33)25-3-5-26(6-4-25)30(38)36-15-11-32(12-16-36)40-17-18-41-32/h3,7-8,19-21,24,26H,2,4-6,9-18,22H2,1H3. The molecule has 1 atom stereocenters. The molecule has 9 heteroatoms. The van der Waals surface area contributed by atoms with Gasteiger partial charge in [0.15, 0.2) is 17.4 Å². The number of carbonyl (C=O) groups excluding carboxylic acids is 1. The molecule has 0 radical (unpaired) electrons. The summed E-state index contributed by atoms with van der Waals surface area (Å²) in [7, 11) is 0. The number of aromatic nitrogens is 2. The molecule has 1 spiro atoms. The zero-order chi connectivity index (χ0) is 28.2. The highest BCUT2D eigenvalue weighted by atomic mass is 19.1. The topological polar surface area (TPSA) is 77.0 Å². The molecule has 1 aromatic heterocycles. The lowest BCUT2D eigenvalue weighted by atomic mass is 9.85. The minimum absolute atomic E-state index is 0.0145. The maximum Gasteiger partial charge on any atom is 0.226 e. The van der Waals surface area contributed by atoms with Gasteiger partial charge >= 0.3 is 0 Å². The van der Waals surface area contributed by atoms with Gasteiger partial charge in [0.1, 0.15) is 0 Å². The van der Waals surface area contributed by atoms with Crippen LogP contribution in [0.25, 0.3) is 5.57 Å². The maximum absolute atomic E-state index is 15.0. The number of nitrogens with zero attached hydrogens (tertiary/aromatic N) is 4. The van der Waals surface area contributed by atoms with E-state index in [0.29, 0.717) is 51.0 Å². The number of likely N-dealkylation sites (tertiary alicyclic amines) is 1. The number of anilines is 1. The number of hydrogen-bond acceptors (Lipinski definition) is 7. The summed E-state index contributed by atoms with van der Waals surface area (Å²) in [6.45, 7) is 6.99. The molecule has 3 aliphatic heterocycles. The average molecular weight is 565 g/mol. The van der Waals surface area contributed by atoms with Crippen molar-refractivity contribution in [2.24, 2.45) is 11.8 Å². The van der Waals surface area contributed by atoms with Crippen LogP contribution in [0.3, 0.4) is 0 Å². The van der Waals surface area contributed by atoms with Gasteiger partial charge in [-0.15, -0.1) is 0 Å². The molecular formula is C32H41FN4O4. The van der Waals surface area contributed by atoms with Crippen LogP contribution >= 0.6 is 0 Å². The molecule has 1 unspecified atom stereocenters. The Bertz CT molecular complexity index is 1230. The number of ether oxygens (including phenoxy) is 3. The van der Waals surface area contributed by atoms with Crippen LogP contribution in [0.15, 0.2) is 36.7 Å². The molecule has 41 heavy (non-hydrogen) atoms. The van der Waals surface area contributed by atoms with E-state index in [1.54, 1.807) is 12.1 Å². The van der Waals surface area contributed by atoms with E-state index >= 15 is 4.39 Å². The Morgan fingerprint density at radius 2 is 1.80 bits per heavy atom. The Morgan fingerprint density at radius 1 is 1.07 bits per heavy atom. The van der Waals surface area contributed by atoms with Crippen LogP contribution in [-0.2, 0) is 20.7 Å². The van der Waals surface area contributed by atoms with Crippen molar-refractivity contribution in [2.75, 3.05) is 50.9 Å². The van der Waals surface area contributed by atoms with Gasteiger partial charge in [0.05, 0.1) is 19.8 Å². The van der Waals surface area contributed by atoms with Gasteiger partial charge in [-0.3, -0.25) is 4.79 Å². The summed E-state index contributed by atoms with van der Waals surface area (Å²) < 4.78 is 32.5. The minimum atomic E-state index is -0.468. The molecule has 1 amide bonds. The zero-order valence-electron chi connectivity index (χ0n) is 24.0. The third kappa shape index (κ3) is 6.41. The Hall–Kier alpha value is -3.04. The van der Waals surface area contributed by atoms with Crippen molar-refractivity contribution in [3.05, 3.63) is 53.6 Å². The molecule has 6 rings (SSSR count). The first kappa shape index (κ1) is 28.1. The largest absolute Gasteiger partial charge is 0.490 e. The fourth-order valence-electron chi connectivity index (χ4n) is 6.45. The second-order valence-corrected chi connectivity index (χ2v) is 11.8. The van der Waals surface area contributed by atoms with Crippen molar-refractivity contribution in [1.82, 2.24) is 14.9 Å². The lowest BCUT2D eigenvalue weighted by Gasteiger charge is -2.39. The van der Waals surface area contributed by atoms with Crippen molar-refractivity contribution in [3.8, 4) is 5.75 Å². The average Bonchev–Trinajstić information content (AvgIpc) is 3.48. The molecule has 0 bridgehead atoms. The van der Waals surface area contributed by atoms with Crippen LogP contribution in [0.1, 0.15) is 63.0 Å². The fraction of sp³-hybridized carbons (Fsp3) is 0.594. The monoisotopic (exact) mass is 564 g/mol. The lowest BCUT2D eigenvalue weighted by Crippen LogP contribution is -2.49. The molecule has 8 nitrogen and oxygen atoms in total. The fourth-order valence-corrected chi connectivity index (χ4v) is 6.45. The normalized spacial score (nSPS) is 23.1. The molecule has 0 saturated carbocycles. The van der Waals surface area contributed by atoms with Gasteiger partial charge in [-0.25, -0.2) is 14.4 Å². The van der Waals surface area contributed by atoms with E-state index in [-0.39, 0.29) is 17.6 Å². The third-order valence-electron chi connectivity index (χ3n) is 9.19. The van der Waals surface area contributed by atoms with Gasteiger partial charge in [-0.1, -0.05) is 19.1 Å². The van der Waals surface area contributed by atoms with E-state index in [0.717, 1.165) is 80.7 Å². The van der Waals surface area contributed by atoms with Crippen LogP contribution in [0.2, 0.25) is 0 Å². The van der Waals surface area contributed by atoms with E-state index in [9.17, 15) is 4.79 Å². The van der Waals surface area contributed by atoms with Crippen molar-refractivity contribution < 1.29 is 23.4 Å². The highest BCUT2D eigenvalue weighted by molar-refractivity contribution is 5.81. The first-order valence-electron chi connectivity index (χ1n) is 15.3.